The molecule has 0 radical (unpaired) electrons. The molecule has 0 aliphatic heterocycles. The topological polar surface area (TPSA) is 46.3 Å². The summed E-state index contributed by atoms with van der Waals surface area (Å²) < 4.78 is 2.13. The van der Waals surface area contributed by atoms with Crippen LogP contribution in [0.2, 0.25) is 0 Å². The van der Waals surface area contributed by atoms with Gasteiger partial charge >= 0.3 is 0 Å². The Hall–Kier alpha value is -3.83. The van der Waals surface area contributed by atoms with Crippen molar-refractivity contribution >= 4 is 5.65 Å². The van der Waals surface area contributed by atoms with E-state index in [1.165, 1.54) is 11.1 Å². The Morgan fingerprint density at radius 1 is 0.844 bits per heavy atom. The zero-order valence-corrected chi connectivity index (χ0v) is 18.5. The third-order valence-corrected chi connectivity index (χ3v) is 5.44. The van der Waals surface area contributed by atoms with Crippen molar-refractivity contribution in [1.82, 2.24) is 24.3 Å². The van der Waals surface area contributed by atoms with Crippen LogP contribution >= 0.6 is 0 Å². The molecule has 0 N–H and O–H groups in total. The van der Waals surface area contributed by atoms with E-state index in [-0.39, 0.29) is 0 Å². The highest BCUT2D eigenvalue weighted by molar-refractivity contribution is 5.81. The van der Waals surface area contributed by atoms with E-state index < -0.39 is 0 Å². The number of pyridine rings is 1. The smallest absolute Gasteiger partial charge is 0.159 e. The van der Waals surface area contributed by atoms with E-state index in [9.17, 15) is 0 Å². The number of nitrogens with zero attached hydrogens (tertiary/aromatic N) is 5. The fraction of sp³-hybridized carbons (Fsp3) is 0.148. The summed E-state index contributed by atoms with van der Waals surface area (Å²) in [6, 6.07) is 24.8. The first kappa shape index (κ1) is 20.1. The monoisotopic (exact) mass is 419 g/mol. The molecular weight excluding hydrogens is 394 g/mol. The Morgan fingerprint density at radius 2 is 1.62 bits per heavy atom. The van der Waals surface area contributed by atoms with Gasteiger partial charge in [-0.2, -0.15) is 0 Å². The third-order valence-electron chi connectivity index (χ3n) is 5.44. The molecule has 0 atom stereocenters. The molecule has 5 rings (SSSR count). The minimum atomic E-state index is 0.706. The molecule has 3 aromatic heterocycles. The van der Waals surface area contributed by atoms with E-state index in [0.29, 0.717) is 5.82 Å². The minimum absolute atomic E-state index is 0.706. The first-order valence-electron chi connectivity index (χ1n) is 10.7. The molecule has 0 amide bonds. The number of hydrogen-bond donors (Lipinski definition) is 0. The Kier molecular flexibility index (Phi) is 5.25. The molecule has 0 fully saturated rings. The quantitative estimate of drug-likeness (QED) is 0.378. The second-order valence-corrected chi connectivity index (χ2v) is 8.31. The molecule has 5 nitrogen and oxygen atoms in total. The van der Waals surface area contributed by atoms with E-state index in [0.717, 1.165) is 40.4 Å². The number of rotatable bonds is 5. The fourth-order valence-electron chi connectivity index (χ4n) is 3.92. The molecule has 32 heavy (non-hydrogen) atoms. The van der Waals surface area contributed by atoms with Crippen molar-refractivity contribution in [3.05, 3.63) is 96.3 Å². The van der Waals surface area contributed by atoms with Crippen LogP contribution in [0.1, 0.15) is 11.1 Å². The van der Waals surface area contributed by atoms with Crippen molar-refractivity contribution in [2.75, 3.05) is 14.1 Å². The largest absolute Gasteiger partial charge is 0.305 e. The molecular formula is C27H25N5. The van der Waals surface area contributed by atoms with Crippen LogP contribution in [-0.4, -0.2) is 38.3 Å². The lowest BCUT2D eigenvalue weighted by atomic mass is 10.1. The van der Waals surface area contributed by atoms with Gasteiger partial charge in [0, 0.05) is 30.1 Å². The zero-order valence-electron chi connectivity index (χ0n) is 18.5. The zero-order chi connectivity index (χ0) is 22.1. The van der Waals surface area contributed by atoms with E-state index in [4.69, 9.17) is 9.97 Å². The lowest BCUT2D eigenvalue weighted by Gasteiger charge is -2.10. The van der Waals surface area contributed by atoms with E-state index >= 15 is 0 Å². The van der Waals surface area contributed by atoms with Gasteiger partial charge in [0.1, 0.15) is 5.65 Å². The summed E-state index contributed by atoms with van der Waals surface area (Å²) in [5.41, 5.74) is 8.17. The standard InChI is InChI=1S/C27H25N5/c1-19-9-11-21(12-10-19)25-26(32-16-14-20(18-31(2)3)17-24(32)30-25)23-13-15-28-27(29-23)22-7-5-4-6-8-22/h4-17H,18H2,1-3H3. The Morgan fingerprint density at radius 3 is 2.38 bits per heavy atom. The van der Waals surface area contributed by atoms with Crippen LogP contribution in [0, 0.1) is 6.92 Å². The molecule has 0 bridgehead atoms. The molecule has 0 saturated carbocycles. The lowest BCUT2D eigenvalue weighted by Crippen LogP contribution is -2.10. The molecule has 0 unspecified atom stereocenters. The summed E-state index contributed by atoms with van der Waals surface area (Å²) >= 11 is 0. The number of hydrogen-bond acceptors (Lipinski definition) is 4. The average molecular weight is 420 g/mol. The van der Waals surface area contributed by atoms with Crippen LogP contribution in [0.3, 0.4) is 0 Å². The summed E-state index contributed by atoms with van der Waals surface area (Å²) in [7, 11) is 4.15. The van der Waals surface area contributed by atoms with Crippen LogP contribution in [0.5, 0.6) is 0 Å². The van der Waals surface area contributed by atoms with Crippen LogP contribution in [0.4, 0.5) is 0 Å². The van der Waals surface area contributed by atoms with Crippen LogP contribution in [-0.2, 0) is 6.54 Å². The van der Waals surface area contributed by atoms with Crippen molar-refractivity contribution in [2.45, 2.75) is 13.5 Å². The number of aromatic nitrogens is 4. The third kappa shape index (κ3) is 3.90. The summed E-state index contributed by atoms with van der Waals surface area (Å²) in [6.07, 6.45) is 3.92. The van der Waals surface area contributed by atoms with E-state index in [1.807, 2.05) is 42.6 Å². The summed E-state index contributed by atoms with van der Waals surface area (Å²) in [4.78, 5) is 16.6. The van der Waals surface area contributed by atoms with Crippen LogP contribution in [0.15, 0.2) is 85.2 Å². The number of aryl methyl sites for hydroxylation is 1. The first-order chi connectivity index (χ1) is 15.6. The number of fused-ring (bicyclic) bond motifs is 1. The van der Waals surface area contributed by atoms with E-state index in [1.54, 1.807) is 0 Å². The average Bonchev–Trinajstić information content (AvgIpc) is 3.18. The lowest BCUT2D eigenvalue weighted by molar-refractivity contribution is 0.402. The Labute approximate surface area is 188 Å². The second-order valence-electron chi connectivity index (χ2n) is 8.31. The minimum Gasteiger partial charge on any atom is -0.305 e. The van der Waals surface area contributed by atoms with Gasteiger partial charge in [0.25, 0.3) is 0 Å². The number of imidazole rings is 1. The molecule has 5 aromatic rings. The maximum atomic E-state index is 5.04. The first-order valence-corrected chi connectivity index (χ1v) is 10.7. The normalized spacial score (nSPS) is 11.4. The molecule has 0 aliphatic carbocycles. The summed E-state index contributed by atoms with van der Waals surface area (Å²) in [5, 5.41) is 0. The molecule has 0 saturated heterocycles. The SMILES string of the molecule is Cc1ccc(-c2nc3cc(CN(C)C)ccn3c2-c2ccnc(-c3ccccc3)n2)cc1. The van der Waals surface area contributed by atoms with Gasteiger partial charge in [-0.3, -0.25) is 4.40 Å². The highest BCUT2D eigenvalue weighted by Crippen LogP contribution is 2.33. The van der Waals surface area contributed by atoms with Crippen LogP contribution < -0.4 is 0 Å². The predicted molar refractivity (Wildman–Crippen MR) is 129 cm³/mol. The highest BCUT2D eigenvalue weighted by Gasteiger charge is 2.18. The Bertz CT molecular complexity index is 1370. The van der Waals surface area contributed by atoms with Crippen molar-refractivity contribution in [3.63, 3.8) is 0 Å². The van der Waals surface area contributed by atoms with Gasteiger partial charge < -0.3 is 4.90 Å². The summed E-state index contributed by atoms with van der Waals surface area (Å²) in [6.45, 7) is 2.96. The molecule has 5 heteroatoms. The maximum absolute atomic E-state index is 5.04. The maximum Gasteiger partial charge on any atom is 0.159 e. The van der Waals surface area contributed by atoms with Crippen LogP contribution in [0.25, 0.3) is 39.7 Å². The van der Waals surface area contributed by atoms with Gasteiger partial charge in [0.2, 0.25) is 0 Å². The molecule has 158 valence electrons. The van der Waals surface area contributed by atoms with Gasteiger partial charge in [-0.05, 0) is 44.8 Å². The van der Waals surface area contributed by atoms with Crippen molar-refractivity contribution < 1.29 is 0 Å². The second kappa shape index (κ2) is 8.36. The molecule has 0 aliphatic rings. The van der Waals surface area contributed by atoms with Gasteiger partial charge in [-0.25, -0.2) is 15.0 Å². The number of benzene rings is 2. The van der Waals surface area contributed by atoms with Gasteiger partial charge in [0.05, 0.1) is 17.1 Å². The summed E-state index contributed by atoms with van der Waals surface area (Å²) in [5.74, 6) is 0.706. The Balaban J connectivity index is 1.72. The van der Waals surface area contributed by atoms with Gasteiger partial charge in [0.15, 0.2) is 5.82 Å². The molecule has 3 heterocycles. The van der Waals surface area contributed by atoms with Gasteiger partial charge in [-0.1, -0.05) is 60.2 Å². The van der Waals surface area contributed by atoms with E-state index in [2.05, 4.69) is 77.9 Å². The molecule has 2 aromatic carbocycles. The van der Waals surface area contributed by atoms with Gasteiger partial charge in [-0.15, -0.1) is 0 Å². The highest BCUT2D eigenvalue weighted by atomic mass is 15.1. The molecule has 0 spiro atoms. The van der Waals surface area contributed by atoms with Crippen molar-refractivity contribution in [1.29, 1.82) is 0 Å². The van der Waals surface area contributed by atoms with Crippen molar-refractivity contribution in [2.24, 2.45) is 0 Å². The van der Waals surface area contributed by atoms with Crippen molar-refractivity contribution in [3.8, 4) is 34.0 Å². The fourth-order valence-corrected chi connectivity index (χ4v) is 3.92. The predicted octanol–water partition coefficient (Wildman–Crippen LogP) is 5.50.